The van der Waals surface area contributed by atoms with E-state index in [1.165, 1.54) is 0 Å². The van der Waals surface area contributed by atoms with E-state index in [9.17, 15) is 9.90 Å². The van der Waals surface area contributed by atoms with Crippen LogP contribution in [0.1, 0.15) is 33.6 Å². The van der Waals surface area contributed by atoms with Gasteiger partial charge >= 0.3 is 0 Å². The summed E-state index contributed by atoms with van der Waals surface area (Å²) in [6, 6.07) is 0. The summed E-state index contributed by atoms with van der Waals surface area (Å²) in [6.07, 6.45) is 0.982. The summed E-state index contributed by atoms with van der Waals surface area (Å²) in [6.45, 7) is 5.72. The third-order valence-electron chi connectivity index (χ3n) is 2.49. The Morgan fingerprint density at radius 3 is 2.55 bits per heavy atom. The summed E-state index contributed by atoms with van der Waals surface area (Å²) in [7, 11) is 0. The molecule has 1 fully saturated rings. The van der Waals surface area contributed by atoms with Crippen LogP contribution in [0.4, 0.5) is 0 Å². The average Bonchev–Trinajstić information content (AvgIpc) is 1.81. The van der Waals surface area contributed by atoms with E-state index in [0.29, 0.717) is 18.6 Å². The maximum absolute atomic E-state index is 11.5. The molecular weight excluding hydrogens is 140 g/mol. The van der Waals surface area contributed by atoms with Crippen molar-refractivity contribution >= 4 is 5.78 Å². The summed E-state index contributed by atoms with van der Waals surface area (Å²) in [5, 5.41) is 9.38. The zero-order valence-corrected chi connectivity index (χ0v) is 7.42. The molecule has 0 amide bonds. The Labute approximate surface area is 67.6 Å². The van der Waals surface area contributed by atoms with Gasteiger partial charge < -0.3 is 5.11 Å². The van der Waals surface area contributed by atoms with E-state index in [0.717, 1.165) is 0 Å². The minimum Gasteiger partial charge on any atom is -0.393 e. The number of ketones is 1. The number of carbonyl (C=O) groups is 1. The van der Waals surface area contributed by atoms with Gasteiger partial charge in [0.05, 0.1) is 6.10 Å². The molecule has 2 nitrogen and oxygen atoms in total. The molecule has 1 saturated carbocycles. The Morgan fingerprint density at radius 1 is 1.55 bits per heavy atom. The van der Waals surface area contributed by atoms with E-state index in [1.54, 1.807) is 0 Å². The molecule has 1 N–H and O–H groups in total. The van der Waals surface area contributed by atoms with E-state index >= 15 is 0 Å². The van der Waals surface area contributed by atoms with Crippen molar-refractivity contribution in [2.24, 2.45) is 11.3 Å². The highest BCUT2D eigenvalue weighted by molar-refractivity contribution is 5.86. The minimum absolute atomic E-state index is 0.0359. The van der Waals surface area contributed by atoms with Gasteiger partial charge in [0.15, 0.2) is 0 Å². The third kappa shape index (κ3) is 1.62. The van der Waals surface area contributed by atoms with E-state index in [4.69, 9.17) is 0 Å². The van der Waals surface area contributed by atoms with Gasteiger partial charge in [0, 0.05) is 11.3 Å². The van der Waals surface area contributed by atoms with Crippen LogP contribution in [-0.2, 0) is 4.79 Å². The molecule has 0 aromatic carbocycles. The lowest BCUT2D eigenvalue weighted by Gasteiger charge is -2.34. The zero-order valence-electron chi connectivity index (χ0n) is 7.42. The summed E-state index contributed by atoms with van der Waals surface area (Å²) >= 11 is 0. The van der Waals surface area contributed by atoms with E-state index in [-0.39, 0.29) is 17.4 Å². The molecule has 0 heterocycles. The molecule has 0 radical (unpaired) electrons. The van der Waals surface area contributed by atoms with Gasteiger partial charge in [0.25, 0.3) is 0 Å². The first-order valence-electron chi connectivity index (χ1n) is 4.16. The molecule has 0 spiro atoms. The number of Topliss-reactive ketones (excluding diaryl/α,β-unsaturated/α-hetero) is 1. The molecule has 2 atom stereocenters. The summed E-state index contributed by atoms with van der Waals surface area (Å²) in [5.41, 5.74) is -0.308. The van der Waals surface area contributed by atoms with Crippen molar-refractivity contribution in [2.45, 2.75) is 39.7 Å². The van der Waals surface area contributed by atoms with Gasteiger partial charge in [0.1, 0.15) is 5.78 Å². The molecule has 0 aromatic heterocycles. The van der Waals surface area contributed by atoms with Crippen molar-refractivity contribution in [1.29, 1.82) is 0 Å². The number of rotatable bonds is 0. The highest BCUT2D eigenvalue weighted by Crippen LogP contribution is 2.35. The van der Waals surface area contributed by atoms with Crippen molar-refractivity contribution in [3.63, 3.8) is 0 Å². The topological polar surface area (TPSA) is 37.3 Å². The first-order valence-corrected chi connectivity index (χ1v) is 4.16. The molecule has 1 rings (SSSR count). The van der Waals surface area contributed by atoms with Crippen LogP contribution in [-0.4, -0.2) is 17.0 Å². The second kappa shape index (κ2) is 2.59. The number of carbonyl (C=O) groups excluding carboxylic acids is 1. The van der Waals surface area contributed by atoms with Gasteiger partial charge in [0.2, 0.25) is 0 Å². The molecule has 2 heteroatoms. The molecule has 1 aliphatic carbocycles. The number of hydrogen-bond donors (Lipinski definition) is 1. The predicted octanol–water partition coefficient (Wildman–Crippen LogP) is 1.37. The summed E-state index contributed by atoms with van der Waals surface area (Å²) in [5.74, 6) is 0.330. The maximum atomic E-state index is 11.5. The monoisotopic (exact) mass is 156 g/mol. The Morgan fingerprint density at radius 2 is 2.09 bits per heavy atom. The number of hydrogen-bond acceptors (Lipinski definition) is 2. The van der Waals surface area contributed by atoms with Gasteiger partial charge in [-0.15, -0.1) is 0 Å². The van der Waals surface area contributed by atoms with Crippen LogP contribution in [0.5, 0.6) is 0 Å². The van der Waals surface area contributed by atoms with Crippen molar-refractivity contribution in [1.82, 2.24) is 0 Å². The first-order chi connectivity index (χ1) is 4.93. The lowest BCUT2D eigenvalue weighted by atomic mass is 9.70. The molecule has 0 saturated heterocycles. The quantitative estimate of drug-likeness (QED) is 0.575. The molecule has 0 aliphatic heterocycles. The normalized spacial score (nSPS) is 37.3. The smallest absolute Gasteiger partial charge is 0.141 e. The van der Waals surface area contributed by atoms with Crippen LogP contribution in [0.2, 0.25) is 0 Å². The first kappa shape index (κ1) is 8.72. The molecule has 1 unspecified atom stereocenters. The Balaban J connectivity index is 2.75. The standard InChI is InChI=1S/C9H16O2/c1-6-4-7(10)5-9(2,3)8(6)11/h6-7,10H,4-5H2,1-3H3/t6?,7-/m0/s1. The third-order valence-corrected chi connectivity index (χ3v) is 2.49. The van der Waals surface area contributed by atoms with Crippen LogP contribution >= 0.6 is 0 Å². The molecule has 0 aromatic rings. The van der Waals surface area contributed by atoms with Crippen molar-refractivity contribution in [3.8, 4) is 0 Å². The van der Waals surface area contributed by atoms with E-state index < -0.39 is 0 Å². The van der Waals surface area contributed by atoms with E-state index in [1.807, 2.05) is 20.8 Å². The predicted molar refractivity (Wildman–Crippen MR) is 43.2 cm³/mol. The van der Waals surface area contributed by atoms with Crippen LogP contribution in [0.15, 0.2) is 0 Å². The second-order valence-electron chi connectivity index (χ2n) is 4.24. The highest BCUT2D eigenvalue weighted by Gasteiger charge is 2.38. The van der Waals surface area contributed by atoms with Gasteiger partial charge in [-0.25, -0.2) is 0 Å². The Hall–Kier alpha value is -0.370. The largest absolute Gasteiger partial charge is 0.393 e. The van der Waals surface area contributed by atoms with Crippen LogP contribution < -0.4 is 0 Å². The molecule has 1 aliphatic rings. The lowest BCUT2D eigenvalue weighted by molar-refractivity contribution is -0.137. The SMILES string of the molecule is CC1C[C@H](O)CC(C)(C)C1=O. The van der Waals surface area contributed by atoms with Gasteiger partial charge in [-0.1, -0.05) is 20.8 Å². The fourth-order valence-electron chi connectivity index (χ4n) is 1.96. The van der Waals surface area contributed by atoms with Crippen molar-refractivity contribution < 1.29 is 9.90 Å². The second-order valence-corrected chi connectivity index (χ2v) is 4.24. The minimum atomic E-state index is -0.308. The zero-order chi connectivity index (χ0) is 8.65. The van der Waals surface area contributed by atoms with Gasteiger partial charge in [-0.3, -0.25) is 4.79 Å². The molecule has 0 bridgehead atoms. The molecule has 64 valence electrons. The fourth-order valence-corrected chi connectivity index (χ4v) is 1.96. The van der Waals surface area contributed by atoms with Crippen LogP contribution in [0.3, 0.4) is 0 Å². The van der Waals surface area contributed by atoms with Crippen LogP contribution in [0.25, 0.3) is 0 Å². The van der Waals surface area contributed by atoms with Gasteiger partial charge in [-0.05, 0) is 12.8 Å². The number of aliphatic hydroxyl groups is 1. The fraction of sp³-hybridized carbons (Fsp3) is 0.889. The number of aliphatic hydroxyl groups excluding tert-OH is 1. The maximum Gasteiger partial charge on any atom is 0.141 e. The van der Waals surface area contributed by atoms with Crippen molar-refractivity contribution in [2.75, 3.05) is 0 Å². The van der Waals surface area contributed by atoms with Crippen molar-refractivity contribution in [3.05, 3.63) is 0 Å². The highest BCUT2D eigenvalue weighted by atomic mass is 16.3. The van der Waals surface area contributed by atoms with Crippen LogP contribution in [0, 0.1) is 11.3 Å². The van der Waals surface area contributed by atoms with E-state index in [2.05, 4.69) is 0 Å². The molecule has 11 heavy (non-hydrogen) atoms. The Kier molecular flexibility index (Phi) is 2.06. The Bertz CT molecular complexity index is 172. The summed E-state index contributed by atoms with van der Waals surface area (Å²) < 4.78 is 0. The average molecular weight is 156 g/mol. The molecular formula is C9H16O2. The summed E-state index contributed by atoms with van der Waals surface area (Å²) in [4.78, 5) is 11.5. The van der Waals surface area contributed by atoms with Gasteiger partial charge in [-0.2, -0.15) is 0 Å². The lowest BCUT2D eigenvalue weighted by Crippen LogP contribution is -2.40.